The Kier molecular flexibility index (Phi) is 4.36. The van der Waals surface area contributed by atoms with Gasteiger partial charge in [0.25, 0.3) is 0 Å². The molecule has 9 heteroatoms. The largest absolute Gasteiger partial charge is 0.455 e. The highest BCUT2D eigenvalue weighted by Gasteiger charge is 2.09. The summed E-state index contributed by atoms with van der Waals surface area (Å²) in [6.45, 7) is 0. The van der Waals surface area contributed by atoms with E-state index in [0.717, 1.165) is 0 Å². The Hall–Kier alpha value is -2.23. The lowest BCUT2D eigenvalue weighted by molar-refractivity contribution is 0.574. The number of primary sulfonamides is 1. The third-order valence-electron chi connectivity index (χ3n) is 2.46. The highest BCUT2D eigenvalue weighted by atomic mass is 32.2. The van der Waals surface area contributed by atoms with Crippen molar-refractivity contribution < 1.29 is 12.8 Å². The van der Waals surface area contributed by atoms with Crippen molar-refractivity contribution in [2.75, 3.05) is 0 Å². The topological polar surface area (TPSA) is 124 Å². The van der Waals surface area contributed by atoms with E-state index in [0.29, 0.717) is 17.1 Å². The van der Waals surface area contributed by atoms with Crippen LogP contribution in [0.15, 0.2) is 50.8 Å². The molecule has 0 unspecified atom stereocenters. The maximum absolute atomic E-state index is 11.2. The molecule has 110 valence electrons. The van der Waals surface area contributed by atoms with Crippen LogP contribution in [-0.2, 0) is 10.0 Å². The van der Waals surface area contributed by atoms with Gasteiger partial charge in [-0.1, -0.05) is 0 Å². The minimum absolute atomic E-state index is 0.0419. The van der Waals surface area contributed by atoms with E-state index >= 15 is 0 Å². The Balaban J connectivity index is 2.18. The molecule has 0 aliphatic rings. The Labute approximate surface area is 126 Å². The summed E-state index contributed by atoms with van der Waals surface area (Å²) in [5, 5.41) is 8.85. The van der Waals surface area contributed by atoms with Gasteiger partial charge in [-0.05, 0) is 48.6 Å². The van der Waals surface area contributed by atoms with E-state index in [4.69, 9.17) is 15.3 Å². The second-order valence-corrected chi connectivity index (χ2v) is 6.01. The van der Waals surface area contributed by atoms with Crippen molar-refractivity contribution in [1.82, 2.24) is 5.43 Å². The van der Waals surface area contributed by atoms with Crippen LogP contribution in [0.4, 0.5) is 0 Å². The van der Waals surface area contributed by atoms with Gasteiger partial charge in [-0.3, -0.25) is 5.43 Å². The zero-order valence-corrected chi connectivity index (χ0v) is 12.3. The lowest BCUT2D eigenvalue weighted by Gasteiger charge is -2.00. The summed E-state index contributed by atoms with van der Waals surface area (Å²) in [5.74, 6) is 1.05. The molecule has 0 saturated carbocycles. The van der Waals surface area contributed by atoms with E-state index in [9.17, 15) is 8.42 Å². The fourth-order valence-corrected chi connectivity index (χ4v) is 2.11. The van der Waals surface area contributed by atoms with Crippen LogP contribution in [0.25, 0.3) is 11.3 Å². The van der Waals surface area contributed by atoms with Crippen LogP contribution in [0.2, 0.25) is 0 Å². The molecular weight excluding hydrogens is 312 g/mol. The van der Waals surface area contributed by atoms with Crippen LogP contribution in [0.3, 0.4) is 0 Å². The zero-order chi connectivity index (χ0) is 15.5. The molecule has 0 amide bonds. The molecule has 1 aromatic carbocycles. The molecular formula is C12H12N4O3S2. The number of sulfonamides is 1. The molecule has 0 fully saturated rings. The summed E-state index contributed by atoms with van der Waals surface area (Å²) in [7, 11) is -3.70. The molecule has 0 bridgehead atoms. The Morgan fingerprint density at radius 2 is 1.90 bits per heavy atom. The molecule has 1 heterocycles. The van der Waals surface area contributed by atoms with Crippen LogP contribution < -0.4 is 16.3 Å². The molecule has 1 aromatic heterocycles. The van der Waals surface area contributed by atoms with Crippen molar-refractivity contribution in [3.8, 4) is 11.3 Å². The maximum Gasteiger partial charge on any atom is 0.238 e. The quantitative estimate of drug-likeness (QED) is 0.433. The van der Waals surface area contributed by atoms with Gasteiger partial charge in [0, 0.05) is 5.56 Å². The Bertz CT molecular complexity index is 779. The summed E-state index contributed by atoms with van der Waals surface area (Å²) in [4.78, 5) is 0.0419. The molecule has 21 heavy (non-hydrogen) atoms. The van der Waals surface area contributed by atoms with Gasteiger partial charge in [-0.25, -0.2) is 13.6 Å². The van der Waals surface area contributed by atoms with E-state index in [1.807, 2.05) is 0 Å². The number of nitrogens with zero attached hydrogens (tertiary/aromatic N) is 1. The smallest absolute Gasteiger partial charge is 0.238 e. The summed E-state index contributed by atoms with van der Waals surface area (Å²) in [6, 6.07) is 9.46. The van der Waals surface area contributed by atoms with Gasteiger partial charge in [0.15, 0.2) is 5.11 Å². The first kappa shape index (κ1) is 15.2. The molecule has 7 nitrogen and oxygen atoms in total. The van der Waals surface area contributed by atoms with Gasteiger partial charge in [-0.2, -0.15) is 5.10 Å². The highest BCUT2D eigenvalue weighted by Crippen LogP contribution is 2.22. The summed E-state index contributed by atoms with van der Waals surface area (Å²) < 4.78 is 27.9. The molecule has 0 spiro atoms. The van der Waals surface area contributed by atoms with Crippen molar-refractivity contribution in [3.05, 3.63) is 42.2 Å². The minimum atomic E-state index is -3.70. The van der Waals surface area contributed by atoms with Crippen LogP contribution >= 0.6 is 12.2 Å². The molecule has 0 saturated heterocycles. The molecule has 0 aliphatic heterocycles. The van der Waals surface area contributed by atoms with Crippen LogP contribution in [0.1, 0.15) is 5.76 Å². The maximum atomic E-state index is 11.2. The fourth-order valence-electron chi connectivity index (χ4n) is 1.55. The van der Waals surface area contributed by atoms with Gasteiger partial charge in [-0.15, -0.1) is 0 Å². The van der Waals surface area contributed by atoms with E-state index in [1.165, 1.54) is 18.3 Å². The normalized spacial score (nSPS) is 11.7. The third kappa shape index (κ3) is 4.12. The predicted molar refractivity (Wildman–Crippen MR) is 83.0 cm³/mol. The van der Waals surface area contributed by atoms with E-state index in [-0.39, 0.29) is 10.0 Å². The number of hydrogen-bond donors (Lipinski definition) is 3. The number of rotatable bonds is 4. The monoisotopic (exact) mass is 324 g/mol. The molecule has 0 radical (unpaired) electrons. The number of hydrogen-bond acceptors (Lipinski definition) is 5. The van der Waals surface area contributed by atoms with Crippen molar-refractivity contribution in [1.29, 1.82) is 0 Å². The van der Waals surface area contributed by atoms with Gasteiger partial charge in [0.2, 0.25) is 10.0 Å². The van der Waals surface area contributed by atoms with Crippen molar-refractivity contribution in [2.24, 2.45) is 16.0 Å². The second-order valence-electron chi connectivity index (χ2n) is 4.01. The van der Waals surface area contributed by atoms with E-state index < -0.39 is 10.0 Å². The first-order valence-electron chi connectivity index (χ1n) is 5.68. The van der Waals surface area contributed by atoms with Crippen molar-refractivity contribution in [2.45, 2.75) is 4.90 Å². The number of nitrogens with one attached hydrogen (secondary N) is 1. The predicted octanol–water partition coefficient (Wildman–Crippen LogP) is 0.761. The van der Waals surface area contributed by atoms with Crippen LogP contribution in [0.5, 0.6) is 0 Å². The molecule has 2 aromatic rings. The zero-order valence-electron chi connectivity index (χ0n) is 10.7. The van der Waals surface area contributed by atoms with Gasteiger partial charge in [0.1, 0.15) is 11.5 Å². The standard InChI is InChI=1S/C12H12N4O3S2/c13-12(20)16-15-7-9-3-6-11(19-9)8-1-4-10(5-2-8)21(14,17)18/h1-7H,(H3,13,16,20)(H2,14,17,18)/b15-7-. The molecule has 5 N–H and O–H groups in total. The number of hydrazone groups is 1. The summed E-state index contributed by atoms with van der Waals surface area (Å²) in [6.07, 6.45) is 1.42. The first-order valence-corrected chi connectivity index (χ1v) is 7.63. The lowest BCUT2D eigenvalue weighted by atomic mass is 10.2. The lowest BCUT2D eigenvalue weighted by Crippen LogP contribution is -2.23. The molecule has 0 aliphatic carbocycles. The van der Waals surface area contributed by atoms with E-state index in [2.05, 4.69) is 22.7 Å². The molecule has 2 rings (SSSR count). The summed E-state index contributed by atoms with van der Waals surface area (Å²) >= 11 is 4.60. The van der Waals surface area contributed by atoms with Gasteiger partial charge >= 0.3 is 0 Å². The van der Waals surface area contributed by atoms with E-state index in [1.54, 1.807) is 24.3 Å². The Morgan fingerprint density at radius 1 is 1.24 bits per heavy atom. The van der Waals surface area contributed by atoms with Crippen LogP contribution in [0, 0.1) is 0 Å². The average Bonchev–Trinajstić information content (AvgIpc) is 2.86. The Morgan fingerprint density at radius 3 is 2.48 bits per heavy atom. The van der Waals surface area contributed by atoms with Gasteiger partial charge < -0.3 is 10.2 Å². The number of thiocarbonyl (C=S) groups is 1. The SMILES string of the molecule is NC(=S)N/N=C\c1ccc(-c2ccc(S(N)(=O)=O)cc2)o1. The first-order chi connectivity index (χ1) is 9.86. The van der Waals surface area contributed by atoms with Crippen molar-refractivity contribution in [3.63, 3.8) is 0 Å². The fraction of sp³-hybridized carbons (Fsp3) is 0. The average molecular weight is 324 g/mol. The second kappa shape index (κ2) is 6.04. The third-order valence-corrected chi connectivity index (χ3v) is 3.48. The number of nitrogens with two attached hydrogens (primary N) is 2. The van der Waals surface area contributed by atoms with Crippen LogP contribution in [-0.4, -0.2) is 19.7 Å². The summed E-state index contributed by atoms with van der Waals surface area (Å²) in [5.41, 5.74) is 8.34. The number of benzene rings is 1. The minimum Gasteiger partial charge on any atom is -0.455 e. The highest BCUT2D eigenvalue weighted by molar-refractivity contribution is 7.89. The van der Waals surface area contributed by atoms with Gasteiger partial charge in [0.05, 0.1) is 11.1 Å². The van der Waals surface area contributed by atoms with Crippen molar-refractivity contribution >= 4 is 33.6 Å². The number of furan rings is 1. The molecule has 0 atom stereocenters.